The van der Waals surface area contributed by atoms with Crippen LogP contribution in [0.15, 0.2) is 30.0 Å². The average Bonchev–Trinajstić information content (AvgIpc) is 2.15. The van der Waals surface area contributed by atoms with Crippen LogP contribution in [0.4, 0.5) is 0 Å². The highest BCUT2D eigenvalue weighted by molar-refractivity contribution is 5.79. The van der Waals surface area contributed by atoms with Crippen molar-refractivity contribution in [2.24, 2.45) is 5.73 Å². The fourth-order valence-corrected chi connectivity index (χ4v) is 2.53. The molecular weight excluding hydrogens is 194 g/mol. The second kappa shape index (κ2) is 4.17. The SMILES string of the molecule is Cc1cc(C)c(C2=CCCC(N)=C2)c(C)c1. The van der Waals surface area contributed by atoms with Crippen molar-refractivity contribution in [1.29, 1.82) is 0 Å². The Labute approximate surface area is 97.7 Å². The van der Waals surface area contributed by atoms with Gasteiger partial charge in [0.25, 0.3) is 0 Å². The summed E-state index contributed by atoms with van der Waals surface area (Å²) < 4.78 is 0. The highest BCUT2D eigenvalue weighted by Crippen LogP contribution is 2.29. The van der Waals surface area contributed by atoms with Crippen LogP contribution in [0.25, 0.3) is 5.57 Å². The number of aryl methyl sites for hydroxylation is 3. The Bertz CT molecular complexity index is 455. The van der Waals surface area contributed by atoms with Crippen LogP contribution < -0.4 is 5.73 Å². The first-order valence-corrected chi connectivity index (χ1v) is 5.82. The van der Waals surface area contributed by atoms with Gasteiger partial charge in [0, 0.05) is 5.70 Å². The highest BCUT2D eigenvalue weighted by atomic mass is 14.6. The quantitative estimate of drug-likeness (QED) is 0.757. The van der Waals surface area contributed by atoms with Crippen molar-refractivity contribution in [3.8, 4) is 0 Å². The molecule has 1 aromatic carbocycles. The van der Waals surface area contributed by atoms with E-state index in [0.717, 1.165) is 18.5 Å². The number of allylic oxidation sites excluding steroid dienone is 4. The summed E-state index contributed by atoms with van der Waals surface area (Å²) in [7, 11) is 0. The topological polar surface area (TPSA) is 26.0 Å². The normalized spacial score (nSPS) is 15.7. The molecule has 16 heavy (non-hydrogen) atoms. The molecule has 84 valence electrons. The molecule has 0 spiro atoms. The molecule has 2 rings (SSSR count). The van der Waals surface area contributed by atoms with E-state index in [2.05, 4.69) is 45.1 Å². The van der Waals surface area contributed by atoms with Crippen LogP contribution in [0.2, 0.25) is 0 Å². The molecule has 1 aliphatic rings. The van der Waals surface area contributed by atoms with E-state index >= 15 is 0 Å². The van der Waals surface area contributed by atoms with Crippen molar-refractivity contribution < 1.29 is 0 Å². The monoisotopic (exact) mass is 213 g/mol. The molecule has 0 amide bonds. The molecule has 1 aromatic rings. The van der Waals surface area contributed by atoms with Gasteiger partial charge in [-0.05, 0) is 62.0 Å². The lowest BCUT2D eigenvalue weighted by molar-refractivity contribution is 0.947. The molecule has 2 N–H and O–H groups in total. The molecule has 0 heterocycles. The third-order valence-electron chi connectivity index (χ3n) is 3.10. The van der Waals surface area contributed by atoms with E-state index in [0.29, 0.717) is 0 Å². The second-order valence-electron chi connectivity index (χ2n) is 4.69. The van der Waals surface area contributed by atoms with Gasteiger partial charge < -0.3 is 5.73 Å². The Morgan fingerprint density at radius 1 is 1.06 bits per heavy atom. The Morgan fingerprint density at radius 3 is 2.25 bits per heavy atom. The zero-order valence-electron chi connectivity index (χ0n) is 10.3. The zero-order chi connectivity index (χ0) is 11.7. The summed E-state index contributed by atoms with van der Waals surface area (Å²) in [6, 6.07) is 4.48. The van der Waals surface area contributed by atoms with Crippen LogP contribution in [0.5, 0.6) is 0 Å². The van der Waals surface area contributed by atoms with Gasteiger partial charge in [-0.1, -0.05) is 23.8 Å². The number of hydrogen-bond acceptors (Lipinski definition) is 1. The van der Waals surface area contributed by atoms with Crippen LogP contribution in [0, 0.1) is 20.8 Å². The Morgan fingerprint density at radius 2 is 1.69 bits per heavy atom. The van der Waals surface area contributed by atoms with Gasteiger partial charge in [0.2, 0.25) is 0 Å². The summed E-state index contributed by atoms with van der Waals surface area (Å²) in [5.74, 6) is 0. The predicted octanol–water partition coefficient (Wildman–Crippen LogP) is 3.63. The standard InChI is InChI=1S/C15H19N/c1-10-7-11(2)15(12(3)8-10)13-5-4-6-14(16)9-13/h5,7-9H,4,6,16H2,1-3H3. The largest absolute Gasteiger partial charge is 0.402 e. The minimum Gasteiger partial charge on any atom is -0.402 e. The number of rotatable bonds is 1. The van der Waals surface area contributed by atoms with E-state index < -0.39 is 0 Å². The van der Waals surface area contributed by atoms with Gasteiger partial charge in [-0.25, -0.2) is 0 Å². The lowest BCUT2D eigenvalue weighted by Crippen LogP contribution is -2.03. The molecule has 0 radical (unpaired) electrons. The first-order chi connectivity index (χ1) is 7.58. The van der Waals surface area contributed by atoms with E-state index in [-0.39, 0.29) is 0 Å². The molecule has 0 aromatic heterocycles. The van der Waals surface area contributed by atoms with Crippen molar-refractivity contribution in [3.63, 3.8) is 0 Å². The third kappa shape index (κ3) is 2.04. The fourth-order valence-electron chi connectivity index (χ4n) is 2.53. The van der Waals surface area contributed by atoms with Gasteiger partial charge in [0.15, 0.2) is 0 Å². The Hall–Kier alpha value is -1.50. The summed E-state index contributed by atoms with van der Waals surface area (Å²) in [5.41, 5.74) is 13.6. The van der Waals surface area contributed by atoms with E-state index in [1.165, 1.54) is 27.8 Å². The highest BCUT2D eigenvalue weighted by Gasteiger charge is 2.10. The maximum Gasteiger partial charge on any atom is 0.00896 e. The number of nitrogens with two attached hydrogens (primary N) is 1. The van der Waals surface area contributed by atoms with Gasteiger partial charge in [-0.3, -0.25) is 0 Å². The predicted molar refractivity (Wildman–Crippen MR) is 70.1 cm³/mol. The van der Waals surface area contributed by atoms with Crippen molar-refractivity contribution in [2.75, 3.05) is 0 Å². The summed E-state index contributed by atoms with van der Waals surface area (Å²) in [6.45, 7) is 6.49. The summed E-state index contributed by atoms with van der Waals surface area (Å²) in [6.07, 6.45) is 6.47. The molecule has 0 atom stereocenters. The molecular formula is C15H19N. The van der Waals surface area contributed by atoms with Crippen LogP contribution in [-0.2, 0) is 0 Å². The summed E-state index contributed by atoms with van der Waals surface area (Å²) in [5, 5.41) is 0. The van der Waals surface area contributed by atoms with Crippen molar-refractivity contribution in [3.05, 3.63) is 52.2 Å². The minimum atomic E-state index is 0.994. The van der Waals surface area contributed by atoms with E-state index in [1.807, 2.05) is 0 Å². The summed E-state index contributed by atoms with van der Waals surface area (Å²) >= 11 is 0. The third-order valence-corrected chi connectivity index (χ3v) is 3.10. The number of hydrogen-bond donors (Lipinski definition) is 1. The van der Waals surface area contributed by atoms with Gasteiger partial charge >= 0.3 is 0 Å². The molecule has 0 saturated carbocycles. The van der Waals surface area contributed by atoms with Crippen LogP contribution in [0.1, 0.15) is 35.1 Å². The maximum atomic E-state index is 5.91. The fraction of sp³-hybridized carbons (Fsp3) is 0.333. The molecule has 1 aliphatic carbocycles. The first-order valence-electron chi connectivity index (χ1n) is 5.82. The van der Waals surface area contributed by atoms with Gasteiger partial charge in [-0.2, -0.15) is 0 Å². The molecule has 0 fully saturated rings. The van der Waals surface area contributed by atoms with Crippen LogP contribution in [0.3, 0.4) is 0 Å². The lowest BCUT2D eigenvalue weighted by atomic mass is 9.90. The van der Waals surface area contributed by atoms with Crippen LogP contribution in [-0.4, -0.2) is 0 Å². The molecule has 0 aliphatic heterocycles. The first kappa shape index (κ1) is 11.0. The van der Waals surface area contributed by atoms with Crippen molar-refractivity contribution >= 4 is 5.57 Å². The molecule has 1 heteroatoms. The Balaban J connectivity index is 2.53. The summed E-state index contributed by atoms with van der Waals surface area (Å²) in [4.78, 5) is 0. The smallest absolute Gasteiger partial charge is 0.00896 e. The molecule has 0 unspecified atom stereocenters. The van der Waals surface area contributed by atoms with Crippen LogP contribution >= 0.6 is 0 Å². The molecule has 0 saturated heterocycles. The molecule has 0 bridgehead atoms. The van der Waals surface area contributed by atoms with E-state index in [9.17, 15) is 0 Å². The minimum absolute atomic E-state index is 0.994. The van der Waals surface area contributed by atoms with Gasteiger partial charge in [-0.15, -0.1) is 0 Å². The number of benzene rings is 1. The van der Waals surface area contributed by atoms with Crippen molar-refractivity contribution in [2.45, 2.75) is 33.6 Å². The average molecular weight is 213 g/mol. The Kier molecular flexibility index (Phi) is 2.86. The second-order valence-corrected chi connectivity index (χ2v) is 4.69. The molecule has 1 nitrogen and oxygen atoms in total. The lowest BCUT2D eigenvalue weighted by Gasteiger charge is -2.16. The van der Waals surface area contributed by atoms with E-state index in [1.54, 1.807) is 0 Å². The van der Waals surface area contributed by atoms with Crippen molar-refractivity contribution in [1.82, 2.24) is 0 Å². The van der Waals surface area contributed by atoms with Gasteiger partial charge in [0.1, 0.15) is 0 Å². The van der Waals surface area contributed by atoms with Gasteiger partial charge in [0.05, 0.1) is 0 Å². The van der Waals surface area contributed by atoms with E-state index in [4.69, 9.17) is 5.73 Å². The zero-order valence-corrected chi connectivity index (χ0v) is 10.3. The maximum absolute atomic E-state index is 5.91.